The molecular formula is C27H39NO7. The summed E-state index contributed by atoms with van der Waals surface area (Å²) in [5.74, 6) is -0.0918. The molecule has 4 rings (SSSR count). The summed E-state index contributed by atoms with van der Waals surface area (Å²) in [6.45, 7) is 8.21. The lowest BCUT2D eigenvalue weighted by Crippen LogP contribution is -2.66. The number of carbonyl (C=O) groups excluding carboxylic acids is 3. The van der Waals surface area contributed by atoms with Gasteiger partial charge < -0.3 is 24.6 Å². The van der Waals surface area contributed by atoms with Gasteiger partial charge in [-0.05, 0) is 49.7 Å². The average Bonchev–Trinajstić information content (AvgIpc) is 3.26. The Kier molecular flexibility index (Phi) is 7.40. The van der Waals surface area contributed by atoms with E-state index in [1.807, 2.05) is 19.9 Å². The number of ketones is 2. The fourth-order valence-corrected chi connectivity index (χ4v) is 7.35. The second-order valence-corrected chi connectivity index (χ2v) is 11.1. The molecule has 0 bridgehead atoms. The monoisotopic (exact) mass is 489 g/mol. The fraction of sp³-hybridized carbons (Fsp3) is 0.741. The van der Waals surface area contributed by atoms with E-state index in [-0.39, 0.29) is 54.7 Å². The van der Waals surface area contributed by atoms with E-state index in [4.69, 9.17) is 14.2 Å². The Labute approximate surface area is 207 Å². The maximum Gasteiger partial charge on any atom is 0.208 e. The van der Waals surface area contributed by atoms with Crippen LogP contribution in [0.25, 0.3) is 0 Å². The minimum absolute atomic E-state index is 0.00574. The summed E-state index contributed by atoms with van der Waals surface area (Å²) < 4.78 is 17.9. The molecule has 0 aromatic carbocycles. The summed E-state index contributed by atoms with van der Waals surface area (Å²) >= 11 is 0. The number of nitrogens with one attached hydrogen (secondary N) is 1. The first-order chi connectivity index (χ1) is 16.6. The molecule has 2 saturated carbocycles. The molecule has 0 aromatic rings. The number of allylic oxidation sites excluding steroid dienone is 4. The predicted molar refractivity (Wildman–Crippen MR) is 128 cm³/mol. The van der Waals surface area contributed by atoms with E-state index < -0.39 is 23.4 Å². The van der Waals surface area contributed by atoms with Gasteiger partial charge in [-0.25, -0.2) is 0 Å². The van der Waals surface area contributed by atoms with Crippen molar-refractivity contribution in [1.29, 1.82) is 0 Å². The number of aliphatic hydroxyl groups excluding tert-OH is 1. The molecule has 1 heterocycles. The minimum Gasteiger partial charge on any atom is -0.393 e. The van der Waals surface area contributed by atoms with E-state index in [9.17, 15) is 19.5 Å². The maximum atomic E-state index is 13.7. The lowest BCUT2D eigenvalue weighted by molar-refractivity contribution is -0.208. The number of rotatable bonds is 9. The third kappa shape index (κ3) is 4.22. The highest BCUT2D eigenvalue weighted by Gasteiger charge is 2.67. The zero-order valence-electron chi connectivity index (χ0n) is 21.2. The third-order valence-corrected chi connectivity index (χ3v) is 9.40. The summed E-state index contributed by atoms with van der Waals surface area (Å²) in [7, 11) is 0. The topological polar surface area (TPSA) is 111 Å². The number of carbonyl (C=O) groups is 3. The lowest BCUT2D eigenvalue weighted by atomic mass is 9.44. The van der Waals surface area contributed by atoms with Crippen LogP contribution in [0.2, 0.25) is 0 Å². The van der Waals surface area contributed by atoms with Gasteiger partial charge in [0.05, 0.1) is 12.7 Å². The van der Waals surface area contributed by atoms with Gasteiger partial charge in [-0.2, -0.15) is 0 Å². The van der Waals surface area contributed by atoms with Crippen molar-refractivity contribution < 1.29 is 33.7 Å². The number of Topliss-reactive ketones (excluding diaryl/α,β-unsaturated/α-hetero) is 1. The second-order valence-electron chi connectivity index (χ2n) is 11.1. The predicted octanol–water partition coefficient (Wildman–Crippen LogP) is 2.69. The van der Waals surface area contributed by atoms with Crippen molar-refractivity contribution in [3.8, 4) is 0 Å². The van der Waals surface area contributed by atoms with Gasteiger partial charge in [0.1, 0.15) is 13.3 Å². The number of hydrogen-bond acceptors (Lipinski definition) is 7. The number of hydrogen-bond donors (Lipinski definition) is 2. The summed E-state index contributed by atoms with van der Waals surface area (Å²) in [5, 5.41) is 14.1. The van der Waals surface area contributed by atoms with Crippen molar-refractivity contribution in [2.24, 2.45) is 28.6 Å². The molecule has 0 aromatic heterocycles. The Hall–Kier alpha value is -1.87. The lowest BCUT2D eigenvalue weighted by Gasteiger charge is -2.61. The van der Waals surface area contributed by atoms with Gasteiger partial charge >= 0.3 is 0 Å². The Morgan fingerprint density at radius 3 is 2.86 bits per heavy atom. The molecule has 4 aliphatic rings. The van der Waals surface area contributed by atoms with Crippen molar-refractivity contribution in [2.75, 3.05) is 19.9 Å². The van der Waals surface area contributed by atoms with Gasteiger partial charge in [-0.15, -0.1) is 0 Å². The highest BCUT2D eigenvalue weighted by atomic mass is 16.7. The van der Waals surface area contributed by atoms with Crippen LogP contribution in [0.4, 0.5) is 0 Å². The molecule has 8 nitrogen and oxygen atoms in total. The van der Waals surface area contributed by atoms with Crippen molar-refractivity contribution in [3.05, 3.63) is 23.8 Å². The second kappa shape index (κ2) is 9.88. The highest BCUT2D eigenvalue weighted by molar-refractivity contribution is 6.01. The Morgan fingerprint density at radius 2 is 2.14 bits per heavy atom. The van der Waals surface area contributed by atoms with Crippen molar-refractivity contribution in [1.82, 2.24) is 5.32 Å². The van der Waals surface area contributed by atoms with Gasteiger partial charge in [0, 0.05) is 16.7 Å². The molecule has 3 fully saturated rings. The normalized spacial score (nSPS) is 42.7. The van der Waals surface area contributed by atoms with E-state index in [0.29, 0.717) is 19.3 Å². The van der Waals surface area contributed by atoms with Crippen molar-refractivity contribution in [3.63, 3.8) is 0 Å². The van der Waals surface area contributed by atoms with Crippen LogP contribution in [-0.2, 0) is 28.6 Å². The number of ether oxygens (including phenoxy) is 3. The quantitative estimate of drug-likeness (QED) is 0.291. The molecule has 3 aliphatic carbocycles. The Bertz CT molecular complexity index is 915. The molecule has 8 unspecified atom stereocenters. The van der Waals surface area contributed by atoms with Gasteiger partial charge in [-0.3, -0.25) is 14.4 Å². The summed E-state index contributed by atoms with van der Waals surface area (Å²) in [4.78, 5) is 36.3. The molecule has 1 aliphatic heterocycles. The largest absolute Gasteiger partial charge is 0.393 e. The molecule has 35 heavy (non-hydrogen) atoms. The van der Waals surface area contributed by atoms with E-state index in [1.165, 1.54) is 0 Å². The minimum atomic E-state index is -1.26. The highest BCUT2D eigenvalue weighted by Crippen LogP contribution is 2.63. The fourth-order valence-electron chi connectivity index (χ4n) is 7.35. The van der Waals surface area contributed by atoms with E-state index in [1.54, 1.807) is 12.2 Å². The maximum absolute atomic E-state index is 13.7. The van der Waals surface area contributed by atoms with Crippen LogP contribution in [0.5, 0.6) is 0 Å². The molecule has 1 amide bonds. The molecule has 8 atom stereocenters. The van der Waals surface area contributed by atoms with Gasteiger partial charge in [-0.1, -0.05) is 45.8 Å². The molecule has 0 spiro atoms. The van der Waals surface area contributed by atoms with Crippen molar-refractivity contribution in [2.45, 2.75) is 77.8 Å². The summed E-state index contributed by atoms with van der Waals surface area (Å²) in [6, 6.07) is 0. The van der Waals surface area contributed by atoms with Crippen molar-refractivity contribution >= 4 is 18.0 Å². The Morgan fingerprint density at radius 1 is 1.37 bits per heavy atom. The van der Waals surface area contributed by atoms with E-state index >= 15 is 0 Å². The van der Waals surface area contributed by atoms with Gasteiger partial charge in [0.15, 0.2) is 23.5 Å². The van der Waals surface area contributed by atoms with Crippen LogP contribution in [0.3, 0.4) is 0 Å². The first-order valence-corrected chi connectivity index (χ1v) is 12.8. The summed E-state index contributed by atoms with van der Waals surface area (Å²) in [6.07, 6.45) is 8.22. The number of aliphatic hydroxyl groups is 1. The Balaban J connectivity index is 1.67. The van der Waals surface area contributed by atoms with E-state index in [0.717, 1.165) is 24.8 Å². The SMILES string of the molecule is CCCC1OCC(C(=O)COCNC=O)(C2(C)CC(O)C3C(CCC4=CC(=O)C=CC43C)C2C)O1. The smallest absolute Gasteiger partial charge is 0.208 e. The van der Waals surface area contributed by atoms with Crippen LogP contribution in [0.1, 0.15) is 59.8 Å². The zero-order chi connectivity index (χ0) is 25.4. The molecule has 1 saturated heterocycles. The van der Waals surface area contributed by atoms with Gasteiger partial charge in [0.2, 0.25) is 6.41 Å². The molecular weight excluding hydrogens is 450 g/mol. The first-order valence-electron chi connectivity index (χ1n) is 12.8. The van der Waals surface area contributed by atoms with Crippen LogP contribution < -0.4 is 5.32 Å². The first kappa shape index (κ1) is 26.2. The average molecular weight is 490 g/mol. The molecule has 0 radical (unpaired) electrons. The molecule has 194 valence electrons. The molecule has 2 N–H and O–H groups in total. The number of fused-ring (bicyclic) bond motifs is 3. The summed E-state index contributed by atoms with van der Waals surface area (Å²) in [5.41, 5.74) is -1.24. The van der Waals surface area contributed by atoms with Gasteiger partial charge in [0.25, 0.3) is 0 Å². The standard InChI is InChI=1S/C27H39NO7/c1-5-6-23-34-14-27(35-23,22(32)13-33-16-28-15-29)26(4)12-21(31)24-20(17(26)2)8-7-18-11-19(30)9-10-25(18,24)3/h9-11,15,17,20-21,23-24,31H,5-8,12-14,16H2,1-4H3,(H,28,29). The molecule has 8 heteroatoms. The van der Waals surface area contributed by atoms with E-state index in [2.05, 4.69) is 19.2 Å². The number of amides is 1. The van der Waals surface area contributed by atoms with Crippen LogP contribution in [0, 0.1) is 28.6 Å². The zero-order valence-corrected chi connectivity index (χ0v) is 21.2. The van der Waals surface area contributed by atoms with Crippen LogP contribution in [-0.4, -0.2) is 61.0 Å². The third-order valence-electron chi connectivity index (χ3n) is 9.40. The van der Waals surface area contributed by atoms with Crippen LogP contribution >= 0.6 is 0 Å². The van der Waals surface area contributed by atoms with Crippen LogP contribution in [0.15, 0.2) is 23.8 Å².